The lowest BCUT2D eigenvalue weighted by molar-refractivity contribution is 0.839. The lowest BCUT2D eigenvalue weighted by Gasteiger charge is -2.06. The summed E-state index contributed by atoms with van der Waals surface area (Å²) in [6.07, 6.45) is 4.36. The van der Waals surface area contributed by atoms with Crippen molar-refractivity contribution in [1.29, 1.82) is 0 Å². The molecule has 2 aromatic rings. The van der Waals surface area contributed by atoms with E-state index in [0.29, 0.717) is 16.9 Å². The van der Waals surface area contributed by atoms with Crippen molar-refractivity contribution in [1.82, 2.24) is 9.97 Å². The normalized spacial score (nSPS) is 21.6. The number of rotatable bonds is 4. The number of benzene rings is 1. The molecule has 4 heteroatoms. The summed E-state index contributed by atoms with van der Waals surface area (Å²) in [6.45, 7) is 0.913. The fraction of sp³-hybridized carbons (Fsp3) is 0.286. The van der Waals surface area contributed by atoms with Gasteiger partial charge in [0.15, 0.2) is 0 Å². The van der Waals surface area contributed by atoms with E-state index in [9.17, 15) is 0 Å². The van der Waals surface area contributed by atoms with Crippen molar-refractivity contribution in [3.8, 4) is 0 Å². The molecular weight excluding hydrogens is 246 g/mol. The van der Waals surface area contributed by atoms with E-state index in [-0.39, 0.29) is 0 Å². The van der Waals surface area contributed by atoms with Crippen LogP contribution in [0.5, 0.6) is 0 Å². The number of aromatic nitrogens is 2. The summed E-state index contributed by atoms with van der Waals surface area (Å²) in [6, 6.07) is 10.6. The Labute approximate surface area is 111 Å². The van der Waals surface area contributed by atoms with Crippen LogP contribution in [-0.4, -0.2) is 16.5 Å². The van der Waals surface area contributed by atoms with Crippen LogP contribution in [0.4, 0.5) is 5.82 Å². The van der Waals surface area contributed by atoms with E-state index < -0.39 is 0 Å². The van der Waals surface area contributed by atoms with Gasteiger partial charge in [-0.1, -0.05) is 41.9 Å². The molecule has 0 spiro atoms. The second-order valence-corrected chi connectivity index (χ2v) is 5.02. The van der Waals surface area contributed by atoms with Gasteiger partial charge in [-0.05, 0) is 23.8 Å². The van der Waals surface area contributed by atoms with Crippen LogP contribution in [0.3, 0.4) is 0 Å². The van der Waals surface area contributed by atoms with Crippen molar-refractivity contribution in [2.75, 3.05) is 11.9 Å². The Balaban J connectivity index is 1.56. The number of anilines is 1. The minimum Gasteiger partial charge on any atom is -0.368 e. The Hall–Kier alpha value is -1.61. The maximum atomic E-state index is 5.99. The molecule has 1 aromatic heterocycles. The van der Waals surface area contributed by atoms with Crippen molar-refractivity contribution >= 4 is 17.4 Å². The Bertz CT molecular complexity index is 530. The van der Waals surface area contributed by atoms with Crippen LogP contribution in [0.2, 0.25) is 5.02 Å². The molecule has 0 aliphatic heterocycles. The van der Waals surface area contributed by atoms with Crippen LogP contribution >= 0.6 is 11.6 Å². The molecule has 2 unspecified atom stereocenters. The number of nitrogens with zero attached hydrogens (tertiary/aromatic N) is 2. The first kappa shape index (κ1) is 11.5. The zero-order chi connectivity index (χ0) is 12.4. The van der Waals surface area contributed by atoms with Crippen LogP contribution in [0.1, 0.15) is 17.9 Å². The highest BCUT2D eigenvalue weighted by molar-refractivity contribution is 6.32. The molecular formula is C14H14ClN3. The molecule has 0 saturated heterocycles. The average Bonchev–Trinajstić information content (AvgIpc) is 3.18. The van der Waals surface area contributed by atoms with Crippen molar-refractivity contribution < 1.29 is 0 Å². The smallest absolute Gasteiger partial charge is 0.148 e. The Morgan fingerprint density at radius 1 is 1.28 bits per heavy atom. The maximum absolute atomic E-state index is 5.99. The molecule has 3 rings (SSSR count). The summed E-state index contributed by atoms with van der Waals surface area (Å²) in [4.78, 5) is 7.99. The summed E-state index contributed by atoms with van der Waals surface area (Å²) < 4.78 is 0. The third-order valence-electron chi connectivity index (χ3n) is 3.35. The van der Waals surface area contributed by atoms with E-state index in [1.807, 2.05) is 0 Å². The second-order valence-electron chi connectivity index (χ2n) is 4.61. The number of nitrogens with one attached hydrogen (secondary N) is 1. The van der Waals surface area contributed by atoms with Gasteiger partial charge in [-0.15, -0.1) is 0 Å². The SMILES string of the molecule is Clc1cncnc1NCC1CC1c1ccccc1. The number of hydrogen-bond acceptors (Lipinski definition) is 3. The van der Waals surface area contributed by atoms with Crippen LogP contribution in [0.25, 0.3) is 0 Å². The fourth-order valence-electron chi connectivity index (χ4n) is 2.25. The molecule has 0 amide bonds. The van der Waals surface area contributed by atoms with E-state index in [4.69, 9.17) is 11.6 Å². The largest absolute Gasteiger partial charge is 0.368 e. The topological polar surface area (TPSA) is 37.8 Å². The predicted molar refractivity (Wildman–Crippen MR) is 72.8 cm³/mol. The molecule has 3 nitrogen and oxygen atoms in total. The quantitative estimate of drug-likeness (QED) is 0.915. The van der Waals surface area contributed by atoms with Crippen molar-refractivity contribution in [2.24, 2.45) is 5.92 Å². The molecule has 1 saturated carbocycles. The lowest BCUT2D eigenvalue weighted by atomic mass is 10.1. The first-order valence-electron chi connectivity index (χ1n) is 6.09. The molecule has 2 atom stereocenters. The van der Waals surface area contributed by atoms with Crippen molar-refractivity contribution in [2.45, 2.75) is 12.3 Å². The zero-order valence-corrected chi connectivity index (χ0v) is 10.6. The Morgan fingerprint density at radius 2 is 2.11 bits per heavy atom. The van der Waals surface area contributed by atoms with Gasteiger partial charge in [0, 0.05) is 6.54 Å². The highest BCUT2D eigenvalue weighted by Crippen LogP contribution is 2.47. The molecule has 1 aliphatic rings. The summed E-state index contributed by atoms with van der Waals surface area (Å²) in [5.41, 5.74) is 1.43. The summed E-state index contributed by atoms with van der Waals surface area (Å²) in [5, 5.41) is 3.87. The monoisotopic (exact) mass is 259 g/mol. The van der Waals surface area contributed by atoms with E-state index in [2.05, 4.69) is 45.6 Å². The molecule has 1 N–H and O–H groups in total. The van der Waals surface area contributed by atoms with Gasteiger partial charge in [0.2, 0.25) is 0 Å². The zero-order valence-electron chi connectivity index (χ0n) is 9.88. The van der Waals surface area contributed by atoms with E-state index in [1.165, 1.54) is 18.3 Å². The van der Waals surface area contributed by atoms with Gasteiger partial charge in [-0.25, -0.2) is 9.97 Å². The molecule has 18 heavy (non-hydrogen) atoms. The second kappa shape index (κ2) is 4.94. The van der Waals surface area contributed by atoms with Gasteiger partial charge >= 0.3 is 0 Å². The van der Waals surface area contributed by atoms with E-state index >= 15 is 0 Å². The van der Waals surface area contributed by atoms with Crippen molar-refractivity contribution in [3.05, 3.63) is 53.4 Å². The van der Waals surface area contributed by atoms with Crippen LogP contribution in [0, 0.1) is 5.92 Å². The Morgan fingerprint density at radius 3 is 2.89 bits per heavy atom. The van der Waals surface area contributed by atoms with E-state index in [1.54, 1.807) is 6.20 Å². The van der Waals surface area contributed by atoms with Crippen LogP contribution < -0.4 is 5.32 Å². The molecule has 1 heterocycles. The maximum Gasteiger partial charge on any atom is 0.148 e. The van der Waals surface area contributed by atoms with Crippen LogP contribution in [-0.2, 0) is 0 Å². The summed E-state index contributed by atoms with van der Waals surface area (Å²) >= 11 is 5.99. The number of hydrogen-bond donors (Lipinski definition) is 1. The van der Waals surface area contributed by atoms with Gasteiger partial charge in [0.25, 0.3) is 0 Å². The summed E-state index contributed by atoms with van der Waals surface area (Å²) in [5.74, 6) is 2.09. The highest BCUT2D eigenvalue weighted by Gasteiger charge is 2.37. The minimum atomic E-state index is 0.578. The van der Waals surface area contributed by atoms with E-state index in [0.717, 1.165) is 12.4 Å². The third-order valence-corrected chi connectivity index (χ3v) is 3.63. The van der Waals surface area contributed by atoms with Crippen molar-refractivity contribution in [3.63, 3.8) is 0 Å². The summed E-state index contributed by atoms with van der Waals surface area (Å²) in [7, 11) is 0. The first-order chi connectivity index (χ1) is 8.84. The first-order valence-corrected chi connectivity index (χ1v) is 6.46. The van der Waals surface area contributed by atoms with Gasteiger partial charge in [-0.2, -0.15) is 0 Å². The number of halogens is 1. The molecule has 0 radical (unpaired) electrons. The fourth-order valence-corrected chi connectivity index (χ4v) is 2.42. The van der Waals surface area contributed by atoms with Gasteiger partial charge in [-0.3, -0.25) is 0 Å². The highest BCUT2D eigenvalue weighted by atomic mass is 35.5. The molecule has 92 valence electrons. The predicted octanol–water partition coefficient (Wildman–Crippen LogP) is 3.35. The van der Waals surface area contributed by atoms with Crippen LogP contribution in [0.15, 0.2) is 42.9 Å². The lowest BCUT2D eigenvalue weighted by Crippen LogP contribution is -2.06. The van der Waals surface area contributed by atoms with Gasteiger partial charge < -0.3 is 5.32 Å². The van der Waals surface area contributed by atoms with Gasteiger partial charge in [0.1, 0.15) is 17.2 Å². The molecule has 0 bridgehead atoms. The molecule has 1 aromatic carbocycles. The average molecular weight is 260 g/mol. The molecule has 1 aliphatic carbocycles. The Kier molecular flexibility index (Phi) is 3.15. The standard InChI is InChI=1S/C14H14ClN3/c15-13-8-16-9-18-14(13)17-7-11-6-12(11)10-4-2-1-3-5-10/h1-5,8-9,11-12H,6-7H2,(H,16,17,18). The molecule has 1 fully saturated rings. The third kappa shape index (κ3) is 2.46. The minimum absolute atomic E-state index is 0.578. The van der Waals surface area contributed by atoms with Gasteiger partial charge in [0.05, 0.1) is 6.20 Å².